The van der Waals surface area contributed by atoms with Crippen LogP contribution in [-0.4, -0.2) is 63.9 Å². The van der Waals surface area contributed by atoms with Gasteiger partial charge in [0.15, 0.2) is 5.78 Å². The zero-order valence-electron chi connectivity index (χ0n) is 20.2. The lowest BCUT2D eigenvalue weighted by molar-refractivity contribution is 0.0528. The minimum atomic E-state index is -3.72. The Hall–Kier alpha value is -3.05. The highest BCUT2D eigenvalue weighted by Gasteiger charge is 2.27. The van der Waals surface area contributed by atoms with Crippen LogP contribution in [0.5, 0.6) is 0 Å². The van der Waals surface area contributed by atoms with E-state index in [0.29, 0.717) is 23.8 Å². The lowest BCUT2D eigenvalue weighted by Crippen LogP contribution is -2.40. The van der Waals surface area contributed by atoms with Gasteiger partial charge in [-0.3, -0.25) is 4.79 Å². The summed E-state index contributed by atoms with van der Waals surface area (Å²) >= 11 is 1.31. The Bertz CT molecular complexity index is 1340. The van der Waals surface area contributed by atoms with Gasteiger partial charge in [-0.05, 0) is 31.5 Å². The van der Waals surface area contributed by atoms with Gasteiger partial charge >= 0.3 is 5.97 Å². The number of carbonyl (C=O) groups is 2. The molecular weight excluding hydrogens is 500 g/mol. The van der Waals surface area contributed by atoms with Gasteiger partial charge in [-0.1, -0.05) is 42.0 Å². The molecule has 10 heteroatoms. The highest BCUT2D eigenvalue weighted by Crippen LogP contribution is 2.36. The predicted octanol–water partition coefficient (Wildman–Crippen LogP) is 4.22. The number of morpholine rings is 1. The molecule has 1 saturated heterocycles. The predicted molar refractivity (Wildman–Crippen MR) is 139 cm³/mol. The summed E-state index contributed by atoms with van der Waals surface area (Å²) in [5.41, 5.74) is 3.35. The molecule has 4 rings (SSSR count). The van der Waals surface area contributed by atoms with Crippen LogP contribution in [0.1, 0.15) is 33.2 Å². The number of ether oxygens (including phenoxy) is 2. The molecular formula is C26H28N2O6S2. The number of Topliss-reactive ketones (excluding diaryl/α,β-unsaturated/α-hetero) is 1. The quantitative estimate of drug-likeness (QED) is 0.328. The molecule has 1 fully saturated rings. The molecule has 2 aromatic carbocycles. The van der Waals surface area contributed by atoms with E-state index in [1.165, 1.54) is 27.8 Å². The number of aryl methyl sites for hydroxylation is 1. The maximum atomic E-state index is 13.0. The Labute approximate surface area is 214 Å². The second kappa shape index (κ2) is 11.3. The van der Waals surface area contributed by atoms with Crippen molar-refractivity contribution >= 4 is 38.1 Å². The molecule has 1 N–H and O–H groups in total. The summed E-state index contributed by atoms with van der Waals surface area (Å²) in [6, 6.07) is 13.8. The Kier molecular flexibility index (Phi) is 8.20. The molecule has 0 unspecified atom stereocenters. The van der Waals surface area contributed by atoms with Gasteiger partial charge < -0.3 is 14.8 Å². The summed E-state index contributed by atoms with van der Waals surface area (Å²) in [7, 11) is -3.72. The van der Waals surface area contributed by atoms with Crippen molar-refractivity contribution < 1.29 is 27.5 Å². The van der Waals surface area contributed by atoms with Gasteiger partial charge in [0, 0.05) is 29.6 Å². The average molecular weight is 529 g/mol. The van der Waals surface area contributed by atoms with Crippen molar-refractivity contribution in [3.63, 3.8) is 0 Å². The monoisotopic (exact) mass is 528 g/mol. The van der Waals surface area contributed by atoms with Gasteiger partial charge in [0.25, 0.3) is 0 Å². The van der Waals surface area contributed by atoms with Gasteiger partial charge in [0.05, 0.1) is 31.3 Å². The van der Waals surface area contributed by atoms with Crippen LogP contribution in [0.3, 0.4) is 0 Å². The molecule has 0 bridgehead atoms. The highest BCUT2D eigenvalue weighted by atomic mass is 32.2. The fraction of sp³-hybridized carbons (Fsp3) is 0.308. The number of carbonyl (C=O) groups excluding carboxylic acids is 2. The Balaban J connectivity index is 1.54. The first-order valence-corrected chi connectivity index (χ1v) is 13.9. The molecule has 190 valence electrons. The van der Waals surface area contributed by atoms with E-state index in [-0.39, 0.29) is 42.5 Å². The smallest absolute Gasteiger partial charge is 0.341 e. The maximum absolute atomic E-state index is 13.0. The highest BCUT2D eigenvalue weighted by molar-refractivity contribution is 7.89. The van der Waals surface area contributed by atoms with Crippen molar-refractivity contribution in [3.8, 4) is 11.1 Å². The van der Waals surface area contributed by atoms with Crippen LogP contribution in [0.4, 0.5) is 5.00 Å². The first-order chi connectivity index (χ1) is 17.3. The Morgan fingerprint density at radius 1 is 1.11 bits per heavy atom. The molecule has 3 aromatic rings. The number of sulfonamides is 1. The summed E-state index contributed by atoms with van der Waals surface area (Å²) in [6.07, 6.45) is 0. The summed E-state index contributed by atoms with van der Waals surface area (Å²) in [6.45, 7) is 5.09. The van der Waals surface area contributed by atoms with Crippen molar-refractivity contribution in [3.05, 3.63) is 70.6 Å². The minimum Gasteiger partial charge on any atom is -0.462 e. The molecule has 0 atom stereocenters. The third-order valence-corrected chi connectivity index (χ3v) is 8.64. The summed E-state index contributed by atoms with van der Waals surface area (Å²) in [5, 5.41) is 5.45. The first kappa shape index (κ1) is 26.0. The van der Waals surface area contributed by atoms with E-state index < -0.39 is 16.0 Å². The second-order valence-corrected chi connectivity index (χ2v) is 11.1. The zero-order valence-corrected chi connectivity index (χ0v) is 21.8. The molecule has 0 aliphatic carbocycles. The number of anilines is 1. The van der Waals surface area contributed by atoms with Crippen molar-refractivity contribution in [2.24, 2.45) is 0 Å². The van der Waals surface area contributed by atoms with E-state index in [0.717, 1.165) is 16.7 Å². The molecule has 0 amide bonds. The average Bonchev–Trinajstić information content (AvgIpc) is 3.32. The summed E-state index contributed by atoms with van der Waals surface area (Å²) in [4.78, 5) is 25.8. The van der Waals surface area contributed by atoms with Crippen molar-refractivity contribution in [2.45, 2.75) is 18.7 Å². The molecule has 1 aromatic heterocycles. The molecule has 0 spiro atoms. The van der Waals surface area contributed by atoms with Crippen LogP contribution < -0.4 is 5.32 Å². The summed E-state index contributed by atoms with van der Waals surface area (Å²) in [5.74, 6) is -0.767. The van der Waals surface area contributed by atoms with E-state index in [9.17, 15) is 18.0 Å². The molecule has 0 radical (unpaired) electrons. The van der Waals surface area contributed by atoms with E-state index in [1.807, 2.05) is 36.6 Å². The van der Waals surface area contributed by atoms with E-state index in [4.69, 9.17) is 9.47 Å². The van der Waals surface area contributed by atoms with Crippen molar-refractivity contribution in [2.75, 3.05) is 44.8 Å². The molecule has 2 heterocycles. The Morgan fingerprint density at radius 2 is 1.83 bits per heavy atom. The van der Waals surface area contributed by atoms with Crippen LogP contribution in [0.2, 0.25) is 0 Å². The number of thiophene rings is 1. The minimum absolute atomic E-state index is 0.0697. The van der Waals surface area contributed by atoms with Crippen LogP contribution in [0, 0.1) is 6.92 Å². The standard InChI is InChI=1S/C26H28N2O6S2/c1-3-34-26(30)24-22(19-9-7-18(2)8-10-19)17-35-25(24)27-16-23(29)20-5-4-6-21(15-20)36(31,32)28-11-13-33-14-12-28/h4-10,15,17,27H,3,11-14,16H2,1-2H3. The van der Waals surface area contributed by atoms with Gasteiger partial charge in [-0.2, -0.15) is 4.31 Å². The Morgan fingerprint density at radius 3 is 2.53 bits per heavy atom. The van der Waals surface area contributed by atoms with E-state index >= 15 is 0 Å². The normalized spacial score (nSPS) is 14.4. The second-order valence-electron chi connectivity index (χ2n) is 8.26. The molecule has 0 saturated carbocycles. The fourth-order valence-electron chi connectivity index (χ4n) is 3.87. The molecule has 1 aliphatic heterocycles. The number of nitrogens with zero attached hydrogens (tertiary/aromatic N) is 1. The largest absolute Gasteiger partial charge is 0.462 e. The SMILES string of the molecule is CCOC(=O)c1c(-c2ccc(C)cc2)csc1NCC(=O)c1cccc(S(=O)(=O)N2CCOCC2)c1. The fourth-order valence-corrected chi connectivity index (χ4v) is 6.28. The molecule has 8 nitrogen and oxygen atoms in total. The van der Waals surface area contributed by atoms with E-state index in [2.05, 4.69) is 5.32 Å². The number of esters is 1. The maximum Gasteiger partial charge on any atom is 0.341 e. The van der Waals surface area contributed by atoms with Gasteiger partial charge in [0.1, 0.15) is 10.6 Å². The number of hydrogen-bond donors (Lipinski definition) is 1. The van der Waals surface area contributed by atoms with Crippen LogP contribution in [-0.2, 0) is 19.5 Å². The number of benzene rings is 2. The van der Waals surface area contributed by atoms with Crippen LogP contribution in [0.25, 0.3) is 11.1 Å². The summed E-state index contributed by atoms with van der Waals surface area (Å²) < 4.78 is 37.8. The number of ketones is 1. The zero-order chi connectivity index (χ0) is 25.7. The lowest BCUT2D eigenvalue weighted by Gasteiger charge is -2.26. The molecule has 36 heavy (non-hydrogen) atoms. The van der Waals surface area contributed by atoms with Crippen LogP contribution in [0.15, 0.2) is 58.8 Å². The van der Waals surface area contributed by atoms with Gasteiger partial charge in [-0.25, -0.2) is 13.2 Å². The number of hydrogen-bond acceptors (Lipinski definition) is 8. The van der Waals surface area contributed by atoms with Crippen molar-refractivity contribution in [1.29, 1.82) is 0 Å². The van der Waals surface area contributed by atoms with E-state index in [1.54, 1.807) is 19.1 Å². The van der Waals surface area contributed by atoms with Crippen molar-refractivity contribution in [1.82, 2.24) is 4.31 Å². The third-order valence-electron chi connectivity index (χ3n) is 5.81. The number of nitrogens with one attached hydrogen (secondary N) is 1. The third kappa shape index (κ3) is 5.67. The van der Waals surface area contributed by atoms with Crippen LogP contribution >= 0.6 is 11.3 Å². The topological polar surface area (TPSA) is 102 Å². The van der Waals surface area contributed by atoms with Gasteiger partial charge in [-0.15, -0.1) is 11.3 Å². The van der Waals surface area contributed by atoms with Gasteiger partial charge in [0.2, 0.25) is 10.0 Å². The molecule has 1 aliphatic rings. The lowest BCUT2D eigenvalue weighted by atomic mass is 10.0. The number of rotatable bonds is 9. The first-order valence-electron chi connectivity index (χ1n) is 11.6.